The zero-order chi connectivity index (χ0) is 15.5. The van der Waals surface area contributed by atoms with Gasteiger partial charge in [-0.05, 0) is 36.3 Å². The SMILES string of the molecule is NC(CNC(=O)CSc1cccc2cccc(Cl)c12)C1CC1. The summed E-state index contributed by atoms with van der Waals surface area (Å²) in [4.78, 5) is 13.0. The Morgan fingerprint density at radius 3 is 2.77 bits per heavy atom. The maximum atomic E-state index is 12.0. The van der Waals surface area contributed by atoms with Gasteiger partial charge in [-0.15, -0.1) is 11.8 Å². The Morgan fingerprint density at radius 1 is 1.32 bits per heavy atom. The molecule has 1 aliphatic rings. The number of thioether (sulfide) groups is 1. The Morgan fingerprint density at radius 2 is 2.05 bits per heavy atom. The van der Waals surface area contributed by atoms with Crippen molar-refractivity contribution in [2.75, 3.05) is 12.3 Å². The smallest absolute Gasteiger partial charge is 0.230 e. The molecule has 3 N–H and O–H groups in total. The lowest BCUT2D eigenvalue weighted by atomic mass is 10.1. The van der Waals surface area contributed by atoms with Gasteiger partial charge in [0.25, 0.3) is 0 Å². The predicted molar refractivity (Wildman–Crippen MR) is 93.4 cm³/mol. The van der Waals surface area contributed by atoms with Crippen molar-refractivity contribution >= 4 is 40.0 Å². The normalized spacial score (nSPS) is 15.7. The van der Waals surface area contributed by atoms with Crippen LogP contribution in [-0.4, -0.2) is 24.2 Å². The molecule has 0 spiro atoms. The van der Waals surface area contributed by atoms with E-state index in [9.17, 15) is 4.79 Å². The van der Waals surface area contributed by atoms with Crippen LogP contribution in [0.5, 0.6) is 0 Å². The van der Waals surface area contributed by atoms with Gasteiger partial charge in [0.2, 0.25) is 5.91 Å². The summed E-state index contributed by atoms with van der Waals surface area (Å²) in [6.07, 6.45) is 2.39. The Balaban J connectivity index is 1.60. The summed E-state index contributed by atoms with van der Waals surface area (Å²) >= 11 is 7.80. The lowest BCUT2D eigenvalue weighted by Crippen LogP contribution is -2.39. The van der Waals surface area contributed by atoms with Crippen LogP contribution in [0.4, 0.5) is 0 Å². The van der Waals surface area contributed by atoms with Crippen molar-refractivity contribution in [2.45, 2.75) is 23.8 Å². The van der Waals surface area contributed by atoms with E-state index in [4.69, 9.17) is 17.3 Å². The van der Waals surface area contributed by atoms with Gasteiger partial charge in [0.15, 0.2) is 0 Å². The number of hydrogen-bond donors (Lipinski definition) is 2. The number of rotatable bonds is 6. The van der Waals surface area contributed by atoms with Gasteiger partial charge in [0.05, 0.1) is 5.75 Å². The second kappa shape index (κ2) is 6.90. The van der Waals surface area contributed by atoms with Crippen LogP contribution < -0.4 is 11.1 Å². The minimum Gasteiger partial charge on any atom is -0.354 e. The van der Waals surface area contributed by atoms with E-state index in [1.807, 2.05) is 36.4 Å². The molecule has 2 aromatic carbocycles. The van der Waals surface area contributed by atoms with Gasteiger partial charge in [0, 0.05) is 27.9 Å². The van der Waals surface area contributed by atoms with Gasteiger partial charge < -0.3 is 11.1 Å². The molecule has 1 unspecified atom stereocenters. The van der Waals surface area contributed by atoms with Gasteiger partial charge in [-0.2, -0.15) is 0 Å². The van der Waals surface area contributed by atoms with Crippen LogP contribution in [0.1, 0.15) is 12.8 Å². The Bertz CT molecular complexity index is 682. The maximum Gasteiger partial charge on any atom is 0.230 e. The molecule has 0 bridgehead atoms. The van der Waals surface area contributed by atoms with Crippen molar-refractivity contribution in [2.24, 2.45) is 11.7 Å². The zero-order valence-electron chi connectivity index (χ0n) is 12.2. The van der Waals surface area contributed by atoms with Crippen LogP contribution in [0.3, 0.4) is 0 Å². The maximum absolute atomic E-state index is 12.0. The van der Waals surface area contributed by atoms with Gasteiger partial charge in [-0.1, -0.05) is 35.9 Å². The number of nitrogens with one attached hydrogen (secondary N) is 1. The van der Waals surface area contributed by atoms with Crippen LogP contribution in [0.25, 0.3) is 10.8 Å². The molecule has 5 heteroatoms. The number of carbonyl (C=O) groups is 1. The third kappa shape index (κ3) is 3.75. The summed E-state index contributed by atoms with van der Waals surface area (Å²) in [6.45, 7) is 0.570. The standard InChI is InChI=1S/C17H19ClN2OS/c18-13-5-1-3-12-4-2-6-15(17(12)13)22-10-16(21)20-9-14(19)11-7-8-11/h1-6,11,14H,7-10,19H2,(H,20,21). The fourth-order valence-electron chi connectivity index (χ4n) is 2.50. The number of hydrogen-bond acceptors (Lipinski definition) is 3. The average Bonchev–Trinajstić information content (AvgIpc) is 3.35. The first-order valence-corrected chi connectivity index (χ1v) is 8.84. The summed E-state index contributed by atoms with van der Waals surface area (Å²) in [7, 11) is 0. The first-order valence-electron chi connectivity index (χ1n) is 7.47. The highest BCUT2D eigenvalue weighted by atomic mass is 35.5. The molecule has 1 aliphatic carbocycles. The number of carbonyl (C=O) groups excluding carboxylic acids is 1. The molecule has 3 nitrogen and oxygen atoms in total. The van der Waals surface area contributed by atoms with Gasteiger partial charge >= 0.3 is 0 Å². The predicted octanol–water partition coefficient (Wildman–Crippen LogP) is 3.44. The molecule has 2 aromatic rings. The van der Waals surface area contributed by atoms with Gasteiger partial charge in [-0.25, -0.2) is 0 Å². The highest BCUT2D eigenvalue weighted by molar-refractivity contribution is 8.00. The van der Waals surface area contributed by atoms with Crippen molar-refractivity contribution in [3.8, 4) is 0 Å². The molecule has 22 heavy (non-hydrogen) atoms. The minimum atomic E-state index is 0.0187. The zero-order valence-corrected chi connectivity index (χ0v) is 13.8. The highest BCUT2D eigenvalue weighted by Gasteiger charge is 2.28. The van der Waals surface area contributed by atoms with E-state index in [1.54, 1.807) is 0 Å². The topological polar surface area (TPSA) is 55.1 Å². The van der Waals surface area contributed by atoms with E-state index in [-0.39, 0.29) is 11.9 Å². The largest absolute Gasteiger partial charge is 0.354 e. The van der Waals surface area contributed by atoms with Crippen LogP contribution >= 0.6 is 23.4 Å². The molecule has 1 saturated carbocycles. The van der Waals surface area contributed by atoms with Crippen LogP contribution in [-0.2, 0) is 4.79 Å². The van der Waals surface area contributed by atoms with Crippen molar-refractivity contribution in [1.29, 1.82) is 0 Å². The van der Waals surface area contributed by atoms with E-state index in [2.05, 4.69) is 5.32 Å². The molecular formula is C17H19ClN2OS. The molecule has 0 saturated heterocycles. The van der Waals surface area contributed by atoms with Crippen molar-refractivity contribution in [1.82, 2.24) is 5.32 Å². The van der Waals surface area contributed by atoms with E-state index in [0.29, 0.717) is 18.2 Å². The molecule has 116 valence electrons. The Kier molecular flexibility index (Phi) is 4.91. The number of fused-ring (bicyclic) bond motifs is 1. The average molecular weight is 335 g/mol. The lowest BCUT2D eigenvalue weighted by Gasteiger charge is -2.12. The fraction of sp³-hybridized carbons (Fsp3) is 0.353. The van der Waals surface area contributed by atoms with E-state index >= 15 is 0 Å². The number of halogens is 1. The number of nitrogens with two attached hydrogens (primary N) is 1. The van der Waals surface area contributed by atoms with Crippen LogP contribution in [0.15, 0.2) is 41.3 Å². The molecule has 1 atom stereocenters. The first-order chi connectivity index (χ1) is 10.6. The molecular weight excluding hydrogens is 316 g/mol. The van der Waals surface area contributed by atoms with Crippen LogP contribution in [0, 0.1) is 5.92 Å². The third-order valence-corrected chi connectivity index (χ3v) is 5.31. The quantitative estimate of drug-likeness (QED) is 0.796. The van der Waals surface area contributed by atoms with E-state index in [1.165, 1.54) is 24.6 Å². The molecule has 1 fully saturated rings. The molecule has 1 amide bonds. The molecule has 3 rings (SSSR count). The number of benzene rings is 2. The van der Waals surface area contributed by atoms with Crippen LogP contribution in [0.2, 0.25) is 5.02 Å². The van der Waals surface area contributed by atoms with Gasteiger partial charge in [-0.3, -0.25) is 4.79 Å². The molecule has 0 aromatic heterocycles. The summed E-state index contributed by atoms with van der Waals surface area (Å²) < 4.78 is 0. The lowest BCUT2D eigenvalue weighted by molar-refractivity contribution is -0.118. The summed E-state index contributed by atoms with van der Waals surface area (Å²) in [6, 6.07) is 12.0. The fourth-order valence-corrected chi connectivity index (χ4v) is 3.77. The third-order valence-electron chi connectivity index (χ3n) is 3.94. The highest BCUT2D eigenvalue weighted by Crippen LogP contribution is 2.33. The number of amides is 1. The Hall–Kier alpha value is -1.23. The summed E-state index contributed by atoms with van der Waals surface area (Å²) in [5.41, 5.74) is 5.99. The minimum absolute atomic E-state index is 0.0187. The second-order valence-electron chi connectivity index (χ2n) is 5.69. The Labute approximate surface area is 139 Å². The monoisotopic (exact) mass is 334 g/mol. The van der Waals surface area contributed by atoms with Gasteiger partial charge in [0.1, 0.15) is 0 Å². The van der Waals surface area contributed by atoms with Crippen molar-refractivity contribution < 1.29 is 4.79 Å². The van der Waals surface area contributed by atoms with E-state index in [0.717, 1.165) is 20.7 Å². The summed E-state index contributed by atoms with van der Waals surface area (Å²) in [5, 5.41) is 5.74. The summed E-state index contributed by atoms with van der Waals surface area (Å²) in [5.74, 6) is 0.997. The van der Waals surface area contributed by atoms with E-state index < -0.39 is 0 Å². The molecule has 0 radical (unpaired) electrons. The molecule has 0 heterocycles. The molecule has 0 aliphatic heterocycles. The first kappa shape index (κ1) is 15.7. The van der Waals surface area contributed by atoms with Crippen molar-refractivity contribution in [3.63, 3.8) is 0 Å². The van der Waals surface area contributed by atoms with Crippen molar-refractivity contribution in [3.05, 3.63) is 41.4 Å². The second-order valence-corrected chi connectivity index (χ2v) is 7.11.